The number of nitrogens with zero attached hydrogens (tertiary/aromatic N) is 1. The zero-order valence-electron chi connectivity index (χ0n) is 10.2. The van der Waals surface area contributed by atoms with Gasteiger partial charge in [-0.1, -0.05) is 18.2 Å². The van der Waals surface area contributed by atoms with E-state index in [2.05, 4.69) is 34.9 Å². The van der Waals surface area contributed by atoms with Gasteiger partial charge in [-0.15, -0.1) is 0 Å². The third-order valence-electron chi connectivity index (χ3n) is 3.90. The fourth-order valence-corrected chi connectivity index (χ4v) is 2.71. The first kappa shape index (κ1) is 10.6. The molecule has 0 N–H and O–H groups in total. The highest BCUT2D eigenvalue weighted by Gasteiger charge is 2.29. The van der Waals surface area contributed by atoms with Crippen molar-refractivity contribution in [2.24, 2.45) is 5.92 Å². The Morgan fingerprint density at radius 3 is 2.94 bits per heavy atom. The normalized spacial score (nSPS) is 23.4. The topological polar surface area (TPSA) is 23.4 Å². The number of aromatic nitrogens is 1. The van der Waals surface area contributed by atoms with Crippen LogP contribution < -0.4 is 0 Å². The molecule has 0 bridgehead atoms. The molecule has 1 atom stereocenters. The Morgan fingerprint density at radius 1 is 1.28 bits per heavy atom. The van der Waals surface area contributed by atoms with E-state index in [9.17, 15) is 0 Å². The minimum atomic E-state index is 0.260. The molecule has 3 nitrogen and oxygen atoms in total. The molecule has 1 aromatic heterocycles. The third-order valence-corrected chi connectivity index (χ3v) is 3.90. The standard InChI is InChI=1S/C14H15BNO2/c1-2-4-13-11(3-1)7-14(12-9-17-18-15-12)16(13)8-10-5-6-10/h1-4,7,10,12H,5-6,8-9H2. The van der Waals surface area contributed by atoms with Gasteiger partial charge < -0.3 is 9.37 Å². The average molecular weight is 240 g/mol. The number of hydrogen-bond acceptors (Lipinski definition) is 2. The molecule has 1 unspecified atom stereocenters. The van der Waals surface area contributed by atoms with Crippen LogP contribution in [0.5, 0.6) is 0 Å². The Labute approximate surface area is 107 Å². The van der Waals surface area contributed by atoms with Gasteiger partial charge in [0.05, 0.1) is 6.61 Å². The van der Waals surface area contributed by atoms with E-state index >= 15 is 0 Å². The van der Waals surface area contributed by atoms with E-state index < -0.39 is 0 Å². The van der Waals surface area contributed by atoms with E-state index in [0.29, 0.717) is 6.61 Å². The Morgan fingerprint density at radius 2 is 2.17 bits per heavy atom. The molecule has 2 heterocycles. The maximum atomic E-state index is 5.01. The molecule has 4 rings (SSSR count). The second kappa shape index (κ2) is 4.14. The predicted molar refractivity (Wildman–Crippen MR) is 70.2 cm³/mol. The van der Waals surface area contributed by atoms with Gasteiger partial charge in [-0.3, -0.25) is 4.89 Å². The summed E-state index contributed by atoms with van der Waals surface area (Å²) < 4.78 is 2.45. The minimum Gasteiger partial charge on any atom is -0.345 e. The van der Waals surface area contributed by atoms with Gasteiger partial charge in [0, 0.05) is 23.6 Å². The van der Waals surface area contributed by atoms with Gasteiger partial charge in [0.2, 0.25) is 0 Å². The van der Waals surface area contributed by atoms with Crippen LogP contribution in [0.4, 0.5) is 0 Å². The first-order valence-corrected chi connectivity index (χ1v) is 6.61. The second-order valence-corrected chi connectivity index (χ2v) is 5.31. The molecule has 1 radical (unpaired) electrons. The van der Waals surface area contributed by atoms with Crippen LogP contribution in [-0.2, 0) is 16.2 Å². The molecule has 1 aromatic carbocycles. The van der Waals surface area contributed by atoms with E-state index in [1.54, 1.807) is 7.48 Å². The molecule has 2 aromatic rings. The third kappa shape index (κ3) is 1.76. The fraction of sp³-hybridized carbons (Fsp3) is 0.429. The SMILES string of the molecule is [B]1OOCC1c1cc2ccccc2n1CC1CC1. The molecule has 1 aliphatic carbocycles. The maximum absolute atomic E-state index is 5.01. The van der Waals surface area contributed by atoms with E-state index in [1.165, 1.54) is 29.4 Å². The van der Waals surface area contributed by atoms with Crippen molar-refractivity contribution < 1.29 is 9.69 Å². The van der Waals surface area contributed by atoms with Gasteiger partial charge in [-0.2, -0.15) is 0 Å². The number of para-hydroxylation sites is 1. The van der Waals surface area contributed by atoms with Crippen molar-refractivity contribution in [3.8, 4) is 0 Å². The maximum Gasteiger partial charge on any atom is 0.356 e. The van der Waals surface area contributed by atoms with Crippen LogP contribution in [0.15, 0.2) is 30.3 Å². The quantitative estimate of drug-likeness (QED) is 0.608. The number of hydrogen-bond donors (Lipinski definition) is 0. The number of rotatable bonds is 3. The number of fused-ring (bicyclic) bond motifs is 1. The molecule has 1 aliphatic heterocycles. The highest BCUT2D eigenvalue weighted by Crippen LogP contribution is 2.35. The lowest BCUT2D eigenvalue weighted by atomic mass is 9.79. The van der Waals surface area contributed by atoms with Crippen molar-refractivity contribution in [2.75, 3.05) is 6.61 Å². The van der Waals surface area contributed by atoms with E-state index in [-0.39, 0.29) is 5.82 Å². The summed E-state index contributed by atoms with van der Waals surface area (Å²) in [5, 5.41) is 1.31. The summed E-state index contributed by atoms with van der Waals surface area (Å²) in [6, 6.07) is 10.9. The fourth-order valence-electron chi connectivity index (χ4n) is 2.71. The first-order valence-electron chi connectivity index (χ1n) is 6.61. The summed E-state index contributed by atoms with van der Waals surface area (Å²) in [4.78, 5) is 9.96. The van der Waals surface area contributed by atoms with Gasteiger partial charge in [0.25, 0.3) is 0 Å². The molecular weight excluding hydrogens is 225 g/mol. The summed E-state index contributed by atoms with van der Waals surface area (Å²) in [6.07, 6.45) is 2.74. The molecule has 4 heteroatoms. The molecule has 0 spiro atoms. The monoisotopic (exact) mass is 240 g/mol. The van der Waals surface area contributed by atoms with Crippen molar-refractivity contribution in [1.29, 1.82) is 0 Å². The van der Waals surface area contributed by atoms with Crippen molar-refractivity contribution in [2.45, 2.75) is 25.2 Å². The van der Waals surface area contributed by atoms with Crippen LogP contribution in [0.2, 0.25) is 0 Å². The summed E-state index contributed by atoms with van der Waals surface area (Å²) in [5.74, 6) is 1.12. The second-order valence-electron chi connectivity index (χ2n) is 5.31. The van der Waals surface area contributed by atoms with Gasteiger partial charge in [0.1, 0.15) is 0 Å². The van der Waals surface area contributed by atoms with Crippen molar-refractivity contribution >= 4 is 18.4 Å². The summed E-state index contributed by atoms with van der Waals surface area (Å²) in [7, 11) is 1.80. The van der Waals surface area contributed by atoms with Gasteiger partial charge in [-0.25, -0.2) is 0 Å². The van der Waals surface area contributed by atoms with Gasteiger partial charge >= 0.3 is 7.48 Å². The van der Waals surface area contributed by atoms with E-state index in [0.717, 1.165) is 12.5 Å². The highest BCUT2D eigenvalue weighted by molar-refractivity contribution is 6.30. The zero-order valence-corrected chi connectivity index (χ0v) is 10.2. The van der Waals surface area contributed by atoms with Crippen molar-refractivity contribution in [1.82, 2.24) is 4.57 Å². The van der Waals surface area contributed by atoms with Crippen molar-refractivity contribution in [3.05, 3.63) is 36.0 Å². The largest absolute Gasteiger partial charge is 0.356 e. The molecule has 2 fully saturated rings. The summed E-state index contributed by atoms with van der Waals surface area (Å²) >= 11 is 0. The van der Waals surface area contributed by atoms with E-state index in [4.69, 9.17) is 9.69 Å². The average Bonchev–Trinajstić information content (AvgIpc) is 2.91. The summed E-state index contributed by atoms with van der Waals surface area (Å²) in [6.45, 7) is 1.76. The Bertz CT molecular complexity index is 570. The Hall–Kier alpha value is -1.26. The van der Waals surface area contributed by atoms with Crippen LogP contribution in [0.25, 0.3) is 10.9 Å². The van der Waals surface area contributed by atoms with Gasteiger partial charge in [0.15, 0.2) is 0 Å². The predicted octanol–water partition coefficient (Wildman–Crippen LogP) is 2.67. The zero-order chi connectivity index (χ0) is 11.9. The molecular formula is C14H15BNO2. The Balaban J connectivity index is 1.82. The first-order chi connectivity index (χ1) is 8.92. The molecule has 1 saturated carbocycles. The summed E-state index contributed by atoms with van der Waals surface area (Å²) in [5.41, 5.74) is 2.65. The number of benzene rings is 1. The molecule has 0 amide bonds. The van der Waals surface area contributed by atoms with Crippen LogP contribution in [-0.4, -0.2) is 18.7 Å². The Kier molecular flexibility index (Phi) is 2.45. The lowest BCUT2D eigenvalue weighted by Crippen LogP contribution is -2.12. The molecule has 2 aliphatic rings. The van der Waals surface area contributed by atoms with Crippen LogP contribution >= 0.6 is 0 Å². The highest BCUT2D eigenvalue weighted by atomic mass is 17.2. The molecule has 91 valence electrons. The lowest BCUT2D eigenvalue weighted by molar-refractivity contribution is -0.183. The van der Waals surface area contributed by atoms with Crippen LogP contribution in [0, 0.1) is 5.92 Å². The van der Waals surface area contributed by atoms with Crippen LogP contribution in [0.1, 0.15) is 24.4 Å². The smallest absolute Gasteiger partial charge is 0.345 e. The van der Waals surface area contributed by atoms with Crippen LogP contribution in [0.3, 0.4) is 0 Å². The molecule has 1 saturated heterocycles. The minimum absolute atomic E-state index is 0.260. The van der Waals surface area contributed by atoms with E-state index in [1.807, 2.05) is 0 Å². The van der Waals surface area contributed by atoms with Gasteiger partial charge in [-0.05, 0) is 36.3 Å². The molecule has 18 heavy (non-hydrogen) atoms. The van der Waals surface area contributed by atoms with Crippen molar-refractivity contribution in [3.63, 3.8) is 0 Å². The lowest BCUT2D eigenvalue weighted by Gasteiger charge is -2.12.